The zero-order valence-corrected chi connectivity index (χ0v) is 15.2. The molecule has 2 aliphatic heterocycles. The van der Waals surface area contributed by atoms with Gasteiger partial charge in [0.05, 0.1) is 6.04 Å². The number of hydrogen-bond acceptors (Lipinski definition) is 3. The minimum Gasteiger partial charge on any atom is -0.347 e. The molecular formula is C19H25N3O3. The van der Waals surface area contributed by atoms with Gasteiger partial charge < -0.3 is 15.1 Å². The molecule has 25 heavy (non-hydrogen) atoms. The maximum atomic E-state index is 12.6. The van der Waals surface area contributed by atoms with Gasteiger partial charge in [-0.3, -0.25) is 14.4 Å². The molecule has 1 aromatic carbocycles. The smallest absolute Gasteiger partial charge is 0.251 e. The fraction of sp³-hybridized carbons (Fsp3) is 0.526. The van der Waals surface area contributed by atoms with E-state index in [-0.39, 0.29) is 29.8 Å². The highest BCUT2D eigenvalue weighted by Crippen LogP contribution is 2.26. The van der Waals surface area contributed by atoms with Crippen LogP contribution in [0.3, 0.4) is 0 Å². The van der Waals surface area contributed by atoms with Crippen LogP contribution in [0, 0.1) is 13.8 Å². The fourth-order valence-corrected chi connectivity index (χ4v) is 3.96. The van der Waals surface area contributed by atoms with Crippen molar-refractivity contribution in [3.8, 4) is 0 Å². The average Bonchev–Trinajstić information content (AvgIpc) is 2.93. The monoisotopic (exact) mass is 343 g/mol. The topological polar surface area (TPSA) is 69.7 Å². The Morgan fingerprint density at radius 2 is 1.92 bits per heavy atom. The van der Waals surface area contributed by atoms with Gasteiger partial charge in [-0.05, 0) is 38.8 Å². The first-order chi connectivity index (χ1) is 11.8. The number of fused-ring (bicyclic) bond motifs is 1. The molecule has 3 atom stereocenters. The molecule has 1 aromatic rings. The van der Waals surface area contributed by atoms with Gasteiger partial charge >= 0.3 is 0 Å². The van der Waals surface area contributed by atoms with E-state index in [1.54, 1.807) is 11.8 Å². The molecule has 0 unspecified atom stereocenters. The normalized spacial score (nSPS) is 25.8. The molecule has 134 valence electrons. The van der Waals surface area contributed by atoms with Crippen molar-refractivity contribution in [1.29, 1.82) is 0 Å². The van der Waals surface area contributed by atoms with Crippen molar-refractivity contribution in [2.75, 3.05) is 13.1 Å². The minimum absolute atomic E-state index is 0.0167. The lowest BCUT2D eigenvalue weighted by atomic mass is 10.0. The maximum Gasteiger partial charge on any atom is 0.251 e. The summed E-state index contributed by atoms with van der Waals surface area (Å²) in [6.07, 6.45) is 0.679. The van der Waals surface area contributed by atoms with Gasteiger partial charge in [0.2, 0.25) is 11.8 Å². The van der Waals surface area contributed by atoms with Crippen LogP contribution in [-0.4, -0.2) is 58.7 Å². The number of carbonyl (C=O) groups is 3. The fourth-order valence-electron chi connectivity index (χ4n) is 3.96. The number of carbonyl (C=O) groups excluding carboxylic acids is 3. The van der Waals surface area contributed by atoms with Crippen LogP contribution in [0.4, 0.5) is 0 Å². The molecule has 6 nitrogen and oxygen atoms in total. The number of nitrogens with zero attached hydrogens (tertiary/aromatic N) is 2. The second kappa shape index (κ2) is 6.50. The average molecular weight is 343 g/mol. The van der Waals surface area contributed by atoms with Gasteiger partial charge in [0.25, 0.3) is 5.91 Å². The van der Waals surface area contributed by atoms with E-state index in [1.807, 2.05) is 36.9 Å². The number of piperazine rings is 1. The molecule has 0 aromatic heterocycles. The molecule has 2 heterocycles. The zero-order chi connectivity index (χ0) is 18.3. The van der Waals surface area contributed by atoms with E-state index in [0.717, 1.165) is 11.1 Å². The van der Waals surface area contributed by atoms with Gasteiger partial charge in [0.1, 0.15) is 6.04 Å². The highest BCUT2D eigenvalue weighted by Gasteiger charge is 2.44. The van der Waals surface area contributed by atoms with Gasteiger partial charge in [0, 0.05) is 31.6 Å². The molecule has 0 aliphatic carbocycles. The highest BCUT2D eigenvalue weighted by atomic mass is 16.2. The second-order valence-electron chi connectivity index (χ2n) is 7.22. The number of amides is 3. The van der Waals surface area contributed by atoms with Crippen LogP contribution in [0.15, 0.2) is 18.2 Å². The van der Waals surface area contributed by atoms with E-state index in [1.165, 1.54) is 6.92 Å². The third-order valence-electron chi connectivity index (χ3n) is 5.30. The van der Waals surface area contributed by atoms with Gasteiger partial charge in [-0.25, -0.2) is 0 Å². The van der Waals surface area contributed by atoms with Crippen LogP contribution in [-0.2, 0) is 9.59 Å². The van der Waals surface area contributed by atoms with Crippen LogP contribution < -0.4 is 5.32 Å². The van der Waals surface area contributed by atoms with Crippen molar-refractivity contribution in [3.05, 3.63) is 34.9 Å². The number of nitrogens with one attached hydrogen (secondary N) is 1. The Morgan fingerprint density at radius 3 is 2.56 bits per heavy atom. The number of benzene rings is 1. The van der Waals surface area contributed by atoms with E-state index in [2.05, 4.69) is 5.32 Å². The molecule has 2 saturated heterocycles. The molecule has 6 heteroatoms. The molecule has 0 bridgehead atoms. The van der Waals surface area contributed by atoms with Gasteiger partial charge in [0.15, 0.2) is 0 Å². The Labute approximate surface area is 148 Å². The number of hydrogen-bond donors (Lipinski definition) is 1. The quantitative estimate of drug-likeness (QED) is 0.879. The predicted octanol–water partition coefficient (Wildman–Crippen LogP) is 1.25. The van der Waals surface area contributed by atoms with Crippen LogP contribution in [0.25, 0.3) is 0 Å². The molecule has 3 amide bonds. The Kier molecular flexibility index (Phi) is 4.54. The van der Waals surface area contributed by atoms with Gasteiger partial charge in [-0.15, -0.1) is 0 Å². The molecule has 3 rings (SSSR count). The summed E-state index contributed by atoms with van der Waals surface area (Å²) in [4.78, 5) is 40.3. The van der Waals surface area contributed by atoms with Crippen LogP contribution in [0.2, 0.25) is 0 Å². The lowest BCUT2D eigenvalue weighted by molar-refractivity contribution is -0.151. The molecule has 0 saturated carbocycles. The van der Waals surface area contributed by atoms with Crippen molar-refractivity contribution in [3.63, 3.8) is 0 Å². The summed E-state index contributed by atoms with van der Waals surface area (Å²) >= 11 is 0. The standard InChI is InChI=1S/C19H25N3O3/c1-11-5-6-17(12(2)7-11)18(24)20-15-8-16-10-21(14(4)23)13(3)19(25)22(16)9-15/h5-7,13,15-16H,8-10H2,1-4H3,(H,20,24)/t13-,15-,16-/m0/s1. The molecule has 0 radical (unpaired) electrons. The summed E-state index contributed by atoms with van der Waals surface area (Å²) in [6.45, 7) is 8.23. The predicted molar refractivity (Wildman–Crippen MR) is 94.1 cm³/mol. The summed E-state index contributed by atoms with van der Waals surface area (Å²) < 4.78 is 0. The van der Waals surface area contributed by atoms with E-state index in [0.29, 0.717) is 25.1 Å². The van der Waals surface area contributed by atoms with E-state index >= 15 is 0 Å². The van der Waals surface area contributed by atoms with Crippen LogP contribution in [0.5, 0.6) is 0 Å². The van der Waals surface area contributed by atoms with E-state index in [4.69, 9.17) is 0 Å². The lowest BCUT2D eigenvalue weighted by Gasteiger charge is -2.40. The van der Waals surface area contributed by atoms with Gasteiger partial charge in [-0.1, -0.05) is 17.7 Å². The summed E-state index contributed by atoms with van der Waals surface area (Å²) in [5.41, 5.74) is 2.73. The summed E-state index contributed by atoms with van der Waals surface area (Å²) in [6, 6.07) is 5.23. The summed E-state index contributed by atoms with van der Waals surface area (Å²) in [5.74, 6) is -0.218. The van der Waals surface area contributed by atoms with Crippen molar-refractivity contribution >= 4 is 17.7 Å². The number of rotatable bonds is 2. The molecule has 2 aliphatic rings. The minimum atomic E-state index is -0.428. The van der Waals surface area contributed by atoms with Crippen molar-refractivity contribution < 1.29 is 14.4 Å². The third-order valence-corrected chi connectivity index (χ3v) is 5.30. The number of aryl methyl sites for hydroxylation is 2. The van der Waals surface area contributed by atoms with Crippen molar-refractivity contribution in [2.45, 2.75) is 52.2 Å². The molecule has 1 N–H and O–H groups in total. The second-order valence-corrected chi connectivity index (χ2v) is 7.22. The first-order valence-corrected chi connectivity index (χ1v) is 8.73. The van der Waals surface area contributed by atoms with Crippen molar-refractivity contribution in [1.82, 2.24) is 15.1 Å². The zero-order valence-electron chi connectivity index (χ0n) is 15.2. The Hall–Kier alpha value is -2.37. The summed E-state index contributed by atoms with van der Waals surface area (Å²) in [7, 11) is 0. The molecule has 2 fully saturated rings. The lowest BCUT2D eigenvalue weighted by Crippen LogP contribution is -2.59. The molecular weight excluding hydrogens is 318 g/mol. The molecule has 0 spiro atoms. The van der Waals surface area contributed by atoms with Crippen LogP contribution in [0.1, 0.15) is 41.8 Å². The largest absolute Gasteiger partial charge is 0.347 e. The Morgan fingerprint density at radius 1 is 1.20 bits per heavy atom. The summed E-state index contributed by atoms with van der Waals surface area (Å²) in [5, 5.41) is 3.06. The maximum absolute atomic E-state index is 12.6. The van der Waals surface area contributed by atoms with E-state index < -0.39 is 6.04 Å². The highest BCUT2D eigenvalue weighted by molar-refractivity contribution is 5.96. The van der Waals surface area contributed by atoms with Crippen molar-refractivity contribution in [2.24, 2.45) is 0 Å². The van der Waals surface area contributed by atoms with Gasteiger partial charge in [-0.2, -0.15) is 0 Å². The SMILES string of the molecule is CC(=O)N1C[C@@H]2C[C@H](NC(=O)c3ccc(C)cc3C)CN2C(=O)[C@@H]1C. The van der Waals surface area contributed by atoms with Crippen LogP contribution >= 0.6 is 0 Å². The Bertz CT molecular complexity index is 731. The third kappa shape index (κ3) is 3.25. The Balaban J connectivity index is 1.69. The first-order valence-electron chi connectivity index (χ1n) is 8.73. The van der Waals surface area contributed by atoms with E-state index in [9.17, 15) is 14.4 Å². The first kappa shape index (κ1) is 17.5.